The lowest BCUT2D eigenvalue weighted by atomic mass is 10.1. The number of hydrogen-bond donors (Lipinski definition) is 1. The number of rotatable bonds is 4. The van der Waals surface area contributed by atoms with Crippen LogP contribution in [0.2, 0.25) is 0 Å². The lowest BCUT2D eigenvalue weighted by Crippen LogP contribution is -2.06. The highest BCUT2D eigenvalue weighted by Crippen LogP contribution is 2.33. The number of nitriles is 1. The van der Waals surface area contributed by atoms with Gasteiger partial charge in [0.05, 0.1) is 17.7 Å². The highest BCUT2D eigenvalue weighted by Gasteiger charge is 2.14. The van der Waals surface area contributed by atoms with E-state index in [0.29, 0.717) is 16.7 Å². The van der Waals surface area contributed by atoms with E-state index in [1.54, 1.807) is 24.8 Å². The number of aliphatic hydroxyl groups excluding tert-OH is 1. The van der Waals surface area contributed by atoms with Gasteiger partial charge in [-0.1, -0.05) is 26.8 Å². The minimum atomic E-state index is -0.496. The van der Waals surface area contributed by atoms with Crippen LogP contribution in [0.25, 0.3) is 0 Å². The first-order valence-electron chi connectivity index (χ1n) is 5.84. The molecule has 0 aliphatic carbocycles. The van der Waals surface area contributed by atoms with Crippen LogP contribution >= 0.6 is 11.8 Å². The third-order valence-corrected chi connectivity index (χ3v) is 4.37. The van der Waals surface area contributed by atoms with Gasteiger partial charge >= 0.3 is 0 Å². The molecule has 0 saturated carbocycles. The molecule has 0 aliphatic heterocycles. The number of thioether (sulfide) groups is 1. The van der Waals surface area contributed by atoms with E-state index in [9.17, 15) is 5.11 Å². The predicted molar refractivity (Wildman–Crippen MR) is 71.9 cm³/mol. The normalized spacial score (nSPS) is 14.4. The molecule has 1 rings (SSSR count). The van der Waals surface area contributed by atoms with Crippen molar-refractivity contribution in [3.63, 3.8) is 0 Å². The van der Waals surface area contributed by atoms with Crippen molar-refractivity contribution in [2.75, 3.05) is 0 Å². The topological polar surface area (TPSA) is 44.0 Å². The molecule has 2 atom stereocenters. The van der Waals surface area contributed by atoms with Crippen LogP contribution in [0, 0.1) is 17.2 Å². The quantitative estimate of drug-likeness (QED) is 0.826. The summed E-state index contributed by atoms with van der Waals surface area (Å²) in [6, 6.07) is 7.61. The maximum absolute atomic E-state index is 9.72. The average Bonchev–Trinajstić information content (AvgIpc) is 2.28. The number of aliphatic hydroxyl groups is 1. The van der Waals surface area contributed by atoms with E-state index in [-0.39, 0.29) is 0 Å². The summed E-state index contributed by atoms with van der Waals surface area (Å²) in [5, 5.41) is 19.1. The summed E-state index contributed by atoms with van der Waals surface area (Å²) in [4.78, 5) is 1.01. The van der Waals surface area contributed by atoms with Crippen LogP contribution in [0.1, 0.15) is 44.9 Å². The molecule has 2 nitrogen and oxygen atoms in total. The smallest absolute Gasteiger partial charge is 0.0992 e. The van der Waals surface area contributed by atoms with Gasteiger partial charge in [-0.3, -0.25) is 0 Å². The number of hydrogen-bond acceptors (Lipinski definition) is 3. The molecule has 0 aliphatic rings. The van der Waals surface area contributed by atoms with Gasteiger partial charge in [0.1, 0.15) is 0 Å². The molecular weight excluding hydrogens is 230 g/mol. The van der Waals surface area contributed by atoms with Crippen molar-refractivity contribution in [1.29, 1.82) is 5.26 Å². The fraction of sp³-hybridized carbons (Fsp3) is 0.500. The lowest BCUT2D eigenvalue weighted by Gasteiger charge is -2.18. The fourth-order valence-electron chi connectivity index (χ4n) is 1.39. The van der Waals surface area contributed by atoms with Gasteiger partial charge in [-0.25, -0.2) is 0 Å². The van der Waals surface area contributed by atoms with E-state index < -0.39 is 6.10 Å². The van der Waals surface area contributed by atoms with Crippen LogP contribution in [-0.4, -0.2) is 10.4 Å². The summed E-state index contributed by atoms with van der Waals surface area (Å²) in [5.41, 5.74) is 1.55. The Balaban J connectivity index is 3.06. The molecule has 0 saturated heterocycles. The van der Waals surface area contributed by atoms with Gasteiger partial charge in [0.15, 0.2) is 0 Å². The van der Waals surface area contributed by atoms with E-state index in [1.165, 1.54) is 0 Å². The zero-order chi connectivity index (χ0) is 13.0. The lowest BCUT2D eigenvalue weighted by molar-refractivity contribution is 0.196. The maximum atomic E-state index is 9.72. The summed E-state index contributed by atoms with van der Waals surface area (Å²) in [6.45, 7) is 8.27. The van der Waals surface area contributed by atoms with Crippen molar-refractivity contribution in [3.05, 3.63) is 29.3 Å². The average molecular weight is 249 g/mol. The molecule has 0 spiro atoms. The first-order valence-corrected chi connectivity index (χ1v) is 6.72. The highest BCUT2D eigenvalue weighted by atomic mass is 32.2. The van der Waals surface area contributed by atoms with Gasteiger partial charge in [0.25, 0.3) is 0 Å². The van der Waals surface area contributed by atoms with Crippen LogP contribution in [0.15, 0.2) is 23.1 Å². The van der Waals surface area contributed by atoms with Crippen LogP contribution in [0.5, 0.6) is 0 Å². The van der Waals surface area contributed by atoms with E-state index in [4.69, 9.17) is 5.26 Å². The molecule has 17 heavy (non-hydrogen) atoms. The summed E-state index contributed by atoms with van der Waals surface area (Å²) < 4.78 is 0. The van der Waals surface area contributed by atoms with Gasteiger partial charge in [-0.15, -0.1) is 11.8 Å². The van der Waals surface area contributed by atoms with Gasteiger partial charge in [0, 0.05) is 10.1 Å². The van der Waals surface area contributed by atoms with Crippen molar-refractivity contribution in [1.82, 2.24) is 0 Å². The molecule has 92 valence electrons. The van der Waals surface area contributed by atoms with Crippen molar-refractivity contribution in [2.24, 2.45) is 5.92 Å². The van der Waals surface area contributed by atoms with Crippen molar-refractivity contribution in [2.45, 2.75) is 43.9 Å². The molecule has 0 heterocycles. The Bertz CT molecular complexity index is 421. The second kappa shape index (κ2) is 6.09. The SMILES string of the molecule is CC(C)C(C)Sc1cc(C#N)ccc1[C@H](C)O. The van der Waals surface area contributed by atoms with Crippen LogP contribution in [-0.2, 0) is 0 Å². The molecule has 1 aromatic carbocycles. The Morgan fingerprint density at radius 2 is 1.88 bits per heavy atom. The molecule has 0 radical (unpaired) electrons. The monoisotopic (exact) mass is 249 g/mol. The molecule has 1 N–H and O–H groups in total. The minimum Gasteiger partial charge on any atom is -0.389 e. The molecule has 1 unspecified atom stereocenters. The predicted octanol–water partition coefficient (Wildman–Crippen LogP) is 3.75. The Morgan fingerprint density at radius 1 is 1.24 bits per heavy atom. The second-order valence-electron chi connectivity index (χ2n) is 4.61. The van der Waals surface area contributed by atoms with Crippen molar-refractivity contribution >= 4 is 11.8 Å². The van der Waals surface area contributed by atoms with Crippen LogP contribution in [0.3, 0.4) is 0 Å². The molecule has 0 amide bonds. The molecular formula is C14H19NOS. The van der Waals surface area contributed by atoms with E-state index in [2.05, 4.69) is 26.8 Å². The first-order chi connectivity index (χ1) is 7.95. The van der Waals surface area contributed by atoms with Crippen LogP contribution in [0.4, 0.5) is 0 Å². The van der Waals surface area contributed by atoms with E-state index in [0.717, 1.165) is 10.5 Å². The zero-order valence-electron chi connectivity index (χ0n) is 10.8. The Hall–Kier alpha value is -0.980. The first kappa shape index (κ1) is 14.1. The third-order valence-electron chi connectivity index (χ3n) is 2.84. The third kappa shape index (κ3) is 3.76. The molecule has 0 fully saturated rings. The number of benzene rings is 1. The summed E-state index contributed by atoms with van der Waals surface area (Å²) >= 11 is 1.73. The summed E-state index contributed by atoms with van der Waals surface area (Å²) in [7, 11) is 0. The Kier molecular flexibility index (Phi) is 5.04. The van der Waals surface area contributed by atoms with Gasteiger partial charge in [-0.05, 0) is 30.5 Å². The maximum Gasteiger partial charge on any atom is 0.0992 e. The fourth-order valence-corrected chi connectivity index (χ4v) is 2.63. The zero-order valence-corrected chi connectivity index (χ0v) is 11.6. The van der Waals surface area contributed by atoms with Gasteiger partial charge < -0.3 is 5.11 Å². The molecule has 1 aromatic rings. The summed E-state index contributed by atoms with van der Waals surface area (Å²) in [5.74, 6) is 0.563. The van der Waals surface area contributed by atoms with Gasteiger partial charge in [0.2, 0.25) is 0 Å². The van der Waals surface area contributed by atoms with Crippen molar-refractivity contribution in [3.8, 4) is 6.07 Å². The largest absolute Gasteiger partial charge is 0.389 e. The summed E-state index contributed by atoms with van der Waals surface area (Å²) in [6.07, 6.45) is -0.496. The Labute approximate surface area is 108 Å². The highest BCUT2D eigenvalue weighted by molar-refractivity contribution is 8.00. The van der Waals surface area contributed by atoms with Crippen molar-refractivity contribution < 1.29 is 5.11 Å². The molecule has 0 bridgehead atoms. The minimum absolute atomic E-state index is 0.460. The molecule has 0 aromatic heterocycles. The van der Waals surface area contributed by atoms with Crippen LogP contribution < -0.4 is 0 Å². The molecule has 3 heteroatoms. The van der Waals surface area contributed by atoms with E-state index >= 15 is 0 Å². The van der Waals surface area contributed by atoms with Gasteiger partial charge in [-0.2, -0.15) is 5.26 Å². The number of nitrogens with zero attached hydrogens (tertiary/aromatic N) is 1. The standard InChI is InChI=1S/C14H19NOS/c1-9(2)11(4)17-14-7-12(8-15)5-6-13(14)10(3)16/h5-7,9-11,16H,1-4H3/t10-,11?/m0/s1. The van der Waals surface area contributed by atoms with E-state index in [1.807, 2.05) is 12.1 Å². The Morgan fingerprint density at radius 3 is 2.35 bits per heavy atom. The second-order valence-corrected chi connectivity index (χ2v) is 6.03.